The minimum atomic E-state index is 0.508. The predicted octanol–water partition coefficient (Wildman–Crippen LogP) is 0.893. The van der Waals surface area contributed by atoms with Gasteiger partial charge in [0.2, 0.25) is 0 Å². The Balaban J connectivity index is 2.82. The zero-order valence-electron chi connectivity index (χ0n) is 3.76. The van der Waals surface area contributed by atoms with E-state index in [1.165, 1.54) is 11.8 Å². The van der Waals surface area contributed by atoms with E-state index >= 15 is 0 Å². The summed E-state index contributed by atoms with van der Waals surface area (Å²) in [7, 11) is 0. The van der Waals surface area contributed by atoms with Gasteiger partial charge in [0, 0.05) is 5.75 Å². The fourth-order valence-electron chi connectivity index (χ4n) is 0.146. The molecule has 42 valence electrons. The highest BCUT2D eigenvalue weighted by Gasteiger charge is 1.84. The molecule has 0 aromatic carbocycles. The Labute approximate surface area is 58.4 Å². The summed E-state index contributed by atoms with van der Waals surface area (Å²) in [6.45, 7) is 0. The molecule has 0 aliphatic carbocycles. The van der Waals surface area contributed by atoms with Crippen LogP contribution >= 0.6 is 36.6 Å². The zero-order chi connectivity index (χ0) is 5.70. The largest absolute Gasteiger partial charge is 0.385 e. The van der Waals surface area contributed by atoms with Crippen molar-refractivity contribution in [3.8, 4) is 0 Å². The third-order valence-corrected chi connectivity index (χ3v) is 1.91. The molecule has 0 saturated heterocycles. The quantitative estimate of drug-likeness (QED) is 0.455. The van der Waals surface area contributed by atoms with Crippen molar-refractivity contribution >= 4 is 40.9 Å². The summed E-state index contributed by atoms with van der Waals surface area (Å²) in [6, 6.07) is 0. The Bertz CT molecular complexity index is 63.2. The van der Waals surface area contributed by atoms with Crippen molar-refractivity contribution in [2.24, 2.45) is 5.73 Å². The van der Waals surface area contributed by atoms with Crippen LogP contribution in [0.1, 0.15) is 0 Å². The maximum absolute atomic E-state index is 5.14. The first-order valence-corrected chi connectivity index (χ1v) is 3.83. The highest BCUT2D eigenvalue weighted by Crippen LogP contribution is 1.98. The minimum absolute atomic E-state index is 0.508. The molecule has 0 rings (SSSR count). The second-order valence-electron chi connectivity index (χ2n) is 0.891. The minimum Gasteiger partial charge on any atom is -0.385 e. The van der Waals surface area contributed by atoms with Gasteiger partial charge < -0.3 is 5.73 Å². The molecule has 0 heterocycles. The SMILES string of the molecule is NC(=S)SCCS. The highest BCUT2D eigenvalue weighted by molar-refractivity contribution is 8.23. The average molecular weight is 153 g/mol. The van der Waals surface area contributed by atoms with Crippen molar-refractivity contribution in [2.45, 2.75) is 0 Å². The lowest BCUT2D eigenvalue weighted by Crippen LogP contribution is -2.02. The van der Waals surface area contributed by atoms with Crippen LogP contribution in [0.2, 0.25) is 0 Å². The average Bonchev–Trinajstić information content (AvgIpc) is 1.61. The van der Waals surface area contributed by atoms with Crippen LogP contribution < -0.4 is 5.73 Å². The van der Waals surface area contributed by atoms with Crippen LogP contribution in [0.25, 0.3) is 0 Å². The molecule has 0 bridgehead atoms. The third kappa shape index (κ3) is 6.59. The number of hydrogen-bond donors (Lipinski definition) is 2. The van der Waals surface area contributed by atoms with E-state index in [0.717, 1.165) is 11.5 Å². The van der Waals surface area contributed by atoms with Crippen LogP contribution in [0.5, 0.6) is 0 Å². The fourth-order valence-corrected chi connectivity index (χ4v) is 0.963. The van der Waals surface area contributed by atoms with Crippen molar-refractivity contribution in [2.75, 3.05) is 11.5 Å². The van der Waals surface area contributed by atoms with Crippen molar-refractivity contribution in [1.29, 1.82) is 0 Å². The molecule has 0 aromatic heterocycles. The van der Waals surface area contributed by atoms with Gasteiger partial charge >= 0.3 is 0 Å². The third-order valence-electron chi connectivity index (χ3n) is 0.336. The van der Waals surface area contributed by atoms with Crippen LogP contribution in [0.3, 0.4) is 0 Å². The maximum atomic E-state index is 5.14. The molecule has 0 saturated carbocycles. The topological polar surface area (TPSA) is 26.0 Å². The molecule has 0 aliphatic rings. The van der Waals surface area contributed by atoms with Crippen molar-refractivity contribution < 1.29 is 0 Å². The monoisotopic (exact) mass is 153 g/mol. The van der Waals surface area contributed by atoms with Gasteiger partial charge in [0.1, 0.15) is 4.32 Å². The molecular weight excluding hydrogens is 146 g/mol. The van der Waals surface area contributed by atoms with Crippen molar-refractivity contribution in [1.82, 2.24) is 0 Å². The van der Waals surface area contributed by atoms with Crippen LogP contribution in [0.4, 0.5) is 0 Å². The molecule has 0 amide bonds. The summed E-state index contributed by atoms with van der Waals surface area (Å²) < 4.78 is 0.508. The molecule has 4 heteroatoms. The number of thiocarbonyl (C=S) groups is 1. The Kier molecular flexibility index (Phi) is 5.14. The van der Waals surface area contributed by atoms with Crippen LogP contribution in [0.15, 0.2) is 0 Å². The summed E-state index contributed by atoms with van der Waals surface area (Å²) >= 11 is 9.99. The van der Waals surface area contributed by atoms with E-state index in [1.54, 1.807) is 0 Å². The van der Waals surface area contributed by atoms with E-state index in [1.807, 2.05) is 0 Å². The lowest BCUT2D eigenvalue weighted by Gasteiger charge is -1.89. The highest BCUT2D eigenvalue weighted by atomic mass is 32.2. The molecule has 0 radical (unpaired) electrons. The van der Waals surface area contributed by atoms with Gasteiger partial charge in [-0.2, -0.15) is 12.6 Å². The summed E-state index contributed by atoms with van der Waals surface area (Å²) in [5, 5.41) is 0. The summed E-state index contributed by atoms with van der Waals surface area (Å²) in [5.41, 5.74) is 5.14. The second kappa shape index (κ2) is 4.74. The van der Waals surface area contributed by atoms with Gasteiger partial charge in [-0.1, -0.05) is 24.0 Å². The molecule has 0 unspecified atom stereocenters. The summed E-state index contributed by atoms with van der Waals surface area (Å²) in [6.07, 6.45) is 0. The molecule has 0 fully saturated rings. The van der Waals surface area contributed by atoms with Crippen molar-refractivity contribution in [3.63, 3.8) is 0 Å². The number of rotatable bonds is 2. The molecule has 0 aliphatic heterocycles. The van der Waals surface area contributed by atoms with Gasteiger partial charge in [0.15, 0.2) is 0 Å². The van der Waals surface area contributed by atoms with Crippen molar-refractivity contribution in [3.05, 3.63) is 0 Å². The standard InChI is InChI=1S/C3H7NS3/c4-3(6)7-2-1-5/h5H,1-2H2,(H2,4,6). The molecule has 2 N–H and O–H groups in total. The number of thiol groups is 1. The molecule has 7 heavy (non-hydrogen) atoms. The van der Waals surface area contributed by atoms with Gasteiger partial charge in [-0.25, -0.2) is 0 Å². The number of thioether (sulfide) groups is 1. The number of hydrogen-bond acceptors (Lipinski definition) is 3. The van der Waals surface area contributed by atoms with E-state index in [-0.39, 0.29) is 0 Å². The van der Waals surface area contributed by atoms with Gasteiger partial charge in [0.25, 0.3) is 0 Å². The van der Waals surface area contributed by atoms with E-state index in [0.29, 0.717) is 4.32 Å². The van der Waals surface area contributed by atoms with E-state index < -0.39 is 0 Å². The molecule has 0 aromatic rings. The van der Waals surface area contributed by atoms with Gasteiger partial charge in [-0.15, -0.1) is 0 Å². The second-order valence-corrected chi connectivity index (χ2v) is 3.17. The lowest BCUT2D eigenvalue weighted by atomic mass is 11.0. The molecule has 0 spiro atoms. The predicted molar refractivity (Wildman–Crippen MR) is 43.1 cm³/mol. The van der Waals surface area contributed by atoms with Gasteiger partial charge in [-0.3, -0.25) is 0 Å². The first kappa shape index (κ1) is 7.59. The van der Waals surface area contributed by atoms with E-state index in [4.69, 9.17) is 5.73 Å². The molecule has 1 nitrogen and oxygen atoms in total. The molecular formula is C3H7NS3. The van der Waals surface area contributed by atoms with Crippen LogP contribution in [-0.2, 0) is 0 Å². The Hall–Kier alpha value is 0.590. The van der Waals surface area contributed by atoms with E-state index in [9.17, 15) is 0 Å². The maximum Gasteiger partial charge on any atom is 0.131 e. The normalized spacial score (nSPS) is 8.71. The van der Waals surface area contributed by atoms with Crippen LogP contribution in [0, 0.1) is 0 Å². The van der Waals surface area contributed by atoms with Crippen LogP contribution in [-0.4, -0.2) is 15.8 Å². The molecule has 0 atom stereocenters. The Morgan fingerprint density at radius 3 is 2.57 bits per heavy atom. The Morgan fingerprint density at radius 2 is 2.43 bits per heavy atom. The van der Waals surface area contributed by atoms with Gasteiger partial charge in [0.05, 0.1) is 0 Å². The van der Waals surface area contributed by atoms with E-state index in [2.05, 4.69) is 24.8 Å². The first-order chi connectivity index (χ1) is 3.27. The number of nitrogens with two attached hydrogens (primary N) is 1. The fraction of sp³-hybridized carbons (Fsp3) is 0.667. The lowest BCUT2D eigenvalue weighted by molar-refractivity contribution is 1.58. The Morgan fingerprint density at radius 1 is 1.86 bits per heavy atom. The van der Waals surface area contributed by atoms with Gasteiger partial charge in [-0.05, 0) is 5.75 Å². The zero-order valence-corrected chi connectivity index (χ0v) is 6.28. The summed E-state index contributed by atoms with van der Waals surface area (Å²) in [5.74, 6) is 1.75. The first-order valence-electron chi connectivity index (χ1n) is 1.80. The summed E-state index contributed by atoms with van der Waals surface area (Å²) in [4.78, 5) is 0. The smallest absolute Gasteiger partial charge is 0.131 e.